The van der Waals surface area contributed by atoms with Crippen molar-refractivity contribution in [1.29, 1.82) is 0 Å². The van der Waals surface area contributed by atoms with Crippen LogP contribution >= 0.6 is 0 Å². The van der Waals surface area contributed by atoms with E-state index in [4.69, 9.17) is 10.9 Å². The lowest BCUT2D eigenvalue weighted by Gasteiger charge is -2.30. The van der Waals surface area contributed by atoms with E-state index in [1.165, 1.54) is 4.31 Å². The molecule has 1 aromatic carbocycles. The number of aliphatic hydroxyl groups excluding tert-OH is 1. The number of sulfonamides is 1. The number of nitrogens with zero attached hydrogens (tertiary/aromatic N) is 1. The zero-order valence-electron chi connectivity index (χ0n) is 10.6. The highest BCUT2D eigenvalue weighted by Crippen LogP contribution is 2.24. The first kappa shape index (κ1) is 14.3. The lowest BCUT2D eigenvalue weighted by atomic mass is 10.00. The molecular formula is C12H19N3O3S. The van der Waals surface area contributed by atoms with Gasteiger partial charge in [-0.05, 0) is 43.0 Å². The summed E-state index contributed by atoms with van der Waals surface area (Å²) in [5.41, 5.74) is 3.13. The first-order valence-corrected chi connectivity index (χ1v) is 7.69. The number of piperidine rings is 1. The highest BCUT2D eigenvalue weighted by Gasteiger charge is 2.28. The van der Waals surface area contributed by atoms with Crippen LogP contribution in [0.1, 0.15) is 12.8 Å². The number of anilines is 1. The molecule has 7 heteroatoms. The van der Waals surface area contributed by atoms with E-state index in [2.05, 4.69) is 5.43 Å². The molecule has 106 valence electrons. The highest BCUT2D eigenvalue weighted by atomic mass is 32.2. The van der Waals surface area contributed by atoms with Crippen LogP contribution in [0.15, 0.2) is 29.2 Å². The van der Waals surface area contributed by atoms with Crippen molar-refractivity contribution in [2.24, 2.45) is 11.8 Å². The maximum absolute atomic E-state index is 12.4. The third-order valence-corrected chi connectivity index (χ3v) is 5.40. The summed E-state index contributed by atoms with van der Waals surface area (Å²) in [5, 5.41) is 9.07. The number of nitrogen functional groups attached to an aromatic ring is 1. The van der Waals surface area contributed by atoms with Crippen LogP contribution in [0.5, 0.6) is 0 Å². The van der Waals surface area contributed by atoms with Crippen molar-refractivity contribution in [2.45, 2.75) is 17.7 Å². The Bertz CT molecular complexity index is 508. The minimum Gasteiger partial charge on any atom is -0.396 e. The van der Waals surface area contributed by atoms with Gasteiger partial charge in [0.2, 0.25) is 10.0 Å². The topological polar surface area (TPSA) is 95.7 Å². The third kappa shape index (κ3) is 3.06. The maximum atomic E-state index is 12.4. The van der Waals surface area contributed by atoms with Crippen LogP contribution in [0.2, 0.25) is 0 Å². The molecule has 0 saturated carbocycles. The van der Waals surface area contributed by atoms with Crippen molar-refractivity contribution < 1.29 is 13.5 Å². The van der Waals surface area contributed by atoms with Crippen molar-refractivity contribution in [3.05, 3.63) is 24.3 Å². The van der Waals surface area contributed by atoms with E-state index in [1.807, 2.05) is 0 Å². The van der Waals surface area contributed by atoms with Gasteiger partial charge >= 0.3 is 0 Å². The molecule has 0 unspecified atom stereocenters. The van der Waals surface area contributed by atoms with Crippen molar-refractivity contribution in [1.82, 2.24) is 4.31 Å². The molecule has 1 fully saturated rings. The van der Waals surface area contributed by atoms with Crippen LogP contribution in [0.25, 0.3) is 0 Å². The first-order chi connectivity index (χ1) is 9.07. The quantitative estimate of drug-likeness (QED) is 0.548. The number of hydrogen-bond donors (Lipinski definition) is 3. The van der Waals surface area contributed by atoms with Gasteiger partial charge < -0.3 is 10.5 Å². The van der Waals surface area contributed by atoms with Crippen LogP contribution in [0.3, 0.4) is 0 Å². The Labute approximate surface area is 113 Å². The fourth-order valence-corrected chi connectivity index (χ4v) is 3.67. The van der Waals surface area contributed by atoms with E-state index in [-0.39, 0.29) is 17.4 Å². The summed E-state index contributed by atoms with van der Waals surface area (Å²) in [5.74, 6) is 5.47. The lowest BCUT2D eigenvalue weighted by molar-refractivity contribution is 0.170. The summed E-state index contributed by atoms with van der Waals surface area (Å²) >= 11 is 0. The van der Waals surface area contributed by atoms with E-state index in [9.17, 15) is 8.42 Å². The van der Waals surface area contributed by atoms with Gasteiger partial charge in [-0.1, -0.05) is 0 Å². The maximum Gasteiger partial charge on any atom is 0.243 e. The average molecular weight is 285 g/mol. The van der Waals surface area contributed by atoms with Gasteiger partial charge in [-0.3, -0.25) is 5.84 Å². The summed E-state index contributed by atoms with van der Waals surface area (Å²) < 4.78 is 26.3. The Morgan fingerprint density at radius 1 is 1.26 bits per heavy atom. The number of aliphatic hydroxyl groups is 1. The van der Waals surface area contributed by atoms with Gasteiger partial charge in [-0.25, -0.2) is 8.42 Å². The second kappa shape index (κ2) is 5.87. The van der Waals surface area contributed by atoms with Crippen molar-refractivity contribution in [3.8, 4) is 0 Å². The van der Waals surface area contributed by atoms with E-state index in [0.29, 0.717) is 31.6 Å². The van der Waals surface area contributed by atoms with Gasteiger partial charge in [0.15, 0.2) is 0 Å². The molecule has 0 bridgehead atoms. The molecule has 0 aliphatic carbocycles. The number of benzene rings is 1. The summed E-state index contributed by atoms with van der Waals surface area (Å²) in [6.07, 6.45) is 1.41. The molecule has 4 N–H and O–H groups in total. The number of rotatable bonds is 4. The Balaban J connectivity index is 2.13. The average Bonchev–Trinajstić information content (AvgIpc) is 2.47. The molecule has 0 aromatic heterocycles. The van der Waals surface area contributed by atoms with Gasteiger partial charge in [-0.2, -0.15) is 4.31 Å². The van der Waals surface area contributed by atoms with Crippen molar-refractivity contribution >= 4 is 15.7 Å². The lowest BCUT2D eigenvalue weighted by Crippen LogP contribution is -2.39. The van der Waals surface area contributed by atoms with Crippen LogP contribution in [-0.2, 0) is 10.0 Å². The molecule has 1 aliphatic rings. The van der Waals surface area contributed by atoms with Gasteiger partial charge in [0.1, 0.15) is 0 Å². The van der Waals surface area contributed by atoms with Gasteiger partial charge in [0, 0.05) is 25.4 Å². The summed E-state index contributed by atoms with van der Waals surface area (Å²) in [6.45, 7) is 1.06. The minimum absolute atomic E-state index is 0.130. The SMILES string of the molecule is NNc1ccc(S(=O)(=O)N2CCC(CO)CC2)cc1. The molecular weight excluding hydrogens is 266 g/mol. The van der Waals surface area contributed by atoms with Gasteiger partial charge in [0.05, 0.1) is 4.90 Å². The summed E-state index contributed by atoms with van der Waals surface area (Å²) in [4.78, 5) is 0.272. The third-order valence-electron chi connectivity index (χ3n) is 3.49. The second-order valence-electron chi connectivity index (χ2n) is 4.70. The standard InChI is InChI=1S/C12H19N3O3S/c13-14-11-1-3-12(4-2-11)19(17,18)15-7-5-10(9-16)6-8-15/h1-4,10,14,16H,5-9,13H2. The van der Waals surface area contributed by atoms with Gasteiger partial charge in [0.25, 0.3) is 0 Å². The van der Waals surface area contributed by atoms with Crippen LogP contribution in [0, 0.1) is 5.92 Å². The molecule has 0 radical (unpaired) electrons. The number of nitrogens with one attached hydrogen (secondary N) is 1. The van der Waals surface area contributed by atoms with Crippen LogP contribution in [0.4, 0.5) is 5.69 Å². The molecule has 1 aromatic rings. The Morgan fingerprint density at radius 3 is 2.32 bits per heavy atom. The molecule has 1 heterocycles. The van der Waals surface area contributed by atoms with E-state index in [0.717, 1.165) is 0 Å². The predicted molar refractivity (Wildman–Crippen MR) is 72.8 cm³/mol. The number of nitrogens with two attached hydrogens (primary N) is 1. The summed E-state index contributed by atoms with van der Waals surface area (Å²) in [6, 6.07) is 6.35. The molecule has 1 aliphatic heterocycles. The molecule has 0 spiro atoms. The molecule has 1 saturated heterocycles. The monoisotopic (exact) mass is 285 g/mol. The second-order valence-corrected chi connectivity index (χ2v) is 6.64. The Kier molecular flexibility index (Phi) is 4.41. The number of hydrazine groups is 1. The minimum atomic E-state index is -3.44. The summed E-state index contributed by atoms with van der Waals surface area (Å²) in [7, 11) is -3.44. The zero-order chi connectivity index (χ0) is 13.9. The van der Waals surface area contributed by atoms with Crippen LogP contribution in [-0.4, -0.2) is 37.5 Å². The Hall–Kier alpha value is -1.15. The van der Waals surface area contributed by atoms with E-state index < -0.39 is 10.0 Å². The Morgan fingerprint density at radius 2 is 1.84 bits per heavy atom. The highest BCUT2D eigenvalue weighted by molar-refractivity contribution is 7.89. The fourth-order valence-electron chi connectivity index (χ4n) is 2.20. The molecule has 0 atom stereocenters. The predicted octanol–water partition coefficient (Wildman–Crippen LogP) is 0.365. The molecule has 6 nitrogen and oxygen atoms in total. The van der Waals surface area contributed by atoms with Crippen molar-refractivity contribution in [2.75, 3.05) is 25.1 Å². The normalized spacial score (nSPS) is 18.4. The molecule has 2 rings (SSSR count). The van der Waals surface area contributed by atoms with E-state index in [1.54, 1.807) is 24.3 Å². The molecule has 19 heavy (non-hydrogen) atoms. The molecule has 0 amide bonds. The van der Waals surface area contributed by atoms with Gasteiger partial charge in [-0.15, -0.1) is 0 Å². The first-order valence-electron chi connectivity index (χ1n) is 6.25. The largest absolute Gasteiger partial charge is 0.396 e. The van der Waals surface area contributed by atoms with E-state index >= 15 is 0 Å². The van der Waals surface area contributed by atoms with Crippen molar-refractivity contribution in [3.63, 3.8) is 0 Å². The number of hydrogen-bond acceptors (Lipinski definition) is 5. The zero-order valence-corrected chi connectivity index (χ0v) is 11.4. The smallest absolute Gasteiger partial charge is 0.243 e. The fraction of sp³-hybridized carbons (Fsp3) is 0.500. The van der Waals surface area contributed by atoms with Crippen LogP contribution < -0.4 is 11.3 Å².